The van der Waals surface area contributed by atoms with Gasteiger partial charge in [-0.1, -0.05) is 0 Å². The van der Waals surface area contributed by atoms with Gasteiger partial charge in [0.15, 0.2) is 0 Å². The number of rotatable bonds is 4. The van der Waals surface area contributed by atoms with Crippen LogP contribution in [0, 0.1) is 17.8 Å². The van der Waals surface area contributed by atoms with E-state index in [9.17, 15) is 14.4 Å². The summed E-state index contributed by atoms with van der Waals surface area (Å²) in [5, 5.41) is 3.25. The molecule has 4 aliphatic rings. The minimum atomic E-state index is -0.518. The minimum absolute atomic E-state index is 0.0641. The molecule has 1 heterocycles. The average molecular weight is 344 g/mol. The molecule has 0 saturated heterocycles. The molecule has 0 unspecified atom stereocenters. The molecule has 4 aliphatic carbocycles. The summed E-state index contributed by atoms with van der Waals surface area (Å²) in [6, 6.07) is 2.71. The third-order valence-electron chi connectivity index (χ3n) is 6.16. The number of methoxy groups -OCH3 is 1. The van der Waals surface area contributed by atoms with Crippen LogP contribution in [0.2, 0.25) is 0 Å². The number of aromatic nitrogens is 1. The maximum atomic E-state index is 12.6. The van der Waals surface area contributed by atoms with Crippen LogP contribution in [0.15, 0.2) is 23.1 Å². The Morgan fingerprint density at radius 2 is 1.76 bits per heavy atom. The van der Waals surface area contributed by atoms with Crippen LogP contribution in [0.25, 0.3) is 0 Å². The summed E-state index contributed by atoms with van der Waals surface area (Å²) in [6.45, 7) is -0.0641. The second-order valence-electron chi connectivity index (χ2n) is 8.12. The summed E-state index contributed by atoms with van der Waals surface area (Å²) in [5.41, 5.74) is -0.104. The number of amides is 1. The van der Waals surface area contributed by atoms with Gasteiger partial charge in [-0.2, -0.15) is 0 Å². The van der Waals surface area contributed by atoms with Gasteiger partial charge in [-0.15, -0.1) is 0 Å². The van der Waals surface area contributed by atoms with Crippen molar-refractivity contribution in [2.45, 2.75) is 50.6 Å². The van der Waals surface area contributed by atoms with Crippen molar-refractivity contribution in [1.82, 2.24) is 9.88 Å². The van der Waals surface area contributed by atoms with Gasteiger partial charge in [0.2, 0.25) is 5.91 Å². The molecule has 1 amide bonds. The molecule has 4 fully saturated rings. The average Bonchev–Trinajstić information content (AvgIpc) is 2.54. The molecule has 0 aromatic carbocycles. The van der Waals surface area contributed by atoms with E-state index in [0.29, 0.717) is 0 Å². The van der Waals surface area contributed by atoms with E-state index in [-0.39, 0.29) is 29.1 Å². The van der Waals surface area contributed by atoms with E-state index in [1.165, 1.54) is 49.3 Å². The highest BCUT2D eigenvalue weighted by molar-refractivity contribution is 5.89. The molecular formula is C19H24N2O4. The Labute approximate surface area is 146 Å². The molecule has 1 aromatic heterocycles. The first-order chi connectivity index (χ1) is 12.0. The Balaban J connectivity index is 1.48. The van der Waals surface area contributed by atoms with Crippen molar-refractivity contribution in [3.63, 3.8) is 0 Å². The van der Waals surface area contributed by atoms with Crippen molar-refractivity contribution in [3.8, 4) is 0 Å². The molecule has 0 spiro atoms. The normalized spacial score (nSPS) is 32.4. The summed E-state index contributed by atoms with van der Waals surface area (Å²) < 4.78 is 5.95. The molecule has 1 aromatic rings. The number of hydrogen-bond acceptors (Lipinski definition) is 4. The molecule has 134 valence electrons. The van der Waals surface area contributed by atoms with Crippen LogP contribution in [-0.2, 0) is 16.1 Å². The molecule has 0 radical (unpaired) electrons. The fraction of sp³-hybridized carbons (Fsp3) is 0.632. The van der Waals surface area contributed by atoms with Gasteiger partial charge in [0.05, 0.1) is 12.7 Å². The van der Waals surface area contributed by atoms with Gasteiger partial charge in [-0.05, 0) is 62.3 Å². The maximum Gasteiger partial charge on any atom is 0.339 e. The fourth-order valence-electron chi connectivity index (χ4n) is 5.65. The number of pyridine rings is 1. The minimum Gasteiger partial charge on any atom is -0.465 e. The number of carbonyl (C=O) groups excluding carboxylic acids is 2. The summed E-state index contributed by atoms with van der Waals surface area (Å²) in [5.74, 6) is 1.58. The van der Waals surface area contributed by atoms with Gasteiger partial charge in [0, 0.05) is 17.8 Å². The molecule has 6 nitrogen and oxygen atoms in total. The van der Waals surface area contributed by atoms with Crippen molar-refractivity contribution in [3.05, 3.63) is 34.2 Å². The van der Waals surface area contributed by atoms with E-state index >= 15 is 0 Å². The first kappa shape index (κ1) is 16.4. The highest BCUT2D eigenvalue weighted by Crippen LogP contribution is 2.55. The lowest BCUT2D eigenvalue weighted by molar-refractivity contribution is -0.127. The molecule has 1 N–H and O–H groups in total. The second kappa shape index (κ2) is 6.00. The molecule has 5 rings (SSSR count). The smallest absolute Gasteiger partial charge is 0.339 e. The first-order valence-corrected chi connectivity index (χ1v) is 9.06. The van der Waals surface area contributed by atoms with Crippen LogP contribution in [-0.4, -0.2) is 29.1 Å². The number of carbonyl (C=O) groups is 2. The standard InChI is InChI=1S/C19H24N2O4/c1-25-18(24)15-2-3-17(23)21(10-15)11-16(22)20-19-7-12-4-13(8-19)6-14(5-12)9-19/h2-3,10,12-14H,4-9,11H2,1H3,(H,20,22). The lowest BCUT2D eigenvalue weighted by Gasteiger charge is -2.56. The predicted molar refractivity (Wildman–Crippen MR) is 91.1 cm³/mol. The number of nitrogens with zero attached hydrogens (tertiary/aromatic N) is 1. The van der Waals surface area contributed by atoms with E-state index in [4.69, 9.17) is 0 Å². The summed E-state index contributed by atoms with van der Waals surface area (Å²) in [4.78, 5) is 36.2. The van der Waals surface area contributed by atoms with Crippen LogP contribution in [0.5, 0.6) is 0 Å². The van der Waals surface area contributed by atoms with E-state index in [1.54, 1.807) is 0 Å². The second-order valence-corrected chi connectivity index (χ2v) is 8.12. The number of esters is 1. The zero-order chi connectivity index (χ0) is 17.6. The third-order valence-corrected chi connectivity index (χ3v) is 6.16. The maximum absolute atomic E-state index is 12.6. The largest absolute Gasteiger partial charge is 0.465 e. The Kier molecular flexibility index (Phi) is 3.93. The van der Waals surface area contributed by atoms with Crippen LogP contribution in [0.1, 0.15) is 48.9 Å². The molecule has 0 aliphatic heterocycles. The molecule has 6 heteroatoms. The predicted octanol–water partition coefficient (Wildman–Crippen LogP) is 1.72. The van der Waals surface area contributed by atoms with Gasteiger partial charge in [0.1, 0.15) is 6.54 Å². The lowest BCUT2D eigenvalue weighted by Crippen LogP contribution is -2.60. The lowest BCUT2D eigenvalue weighted by atomic mass is 9.53. The van der Waals surface area contributed by atoms with E-state index < -0.39 is 5.97 Å². The summed E-state index contributed by atoms with van der Waals surface area (Å²) in [7, 11) is 1.29. The topological polar surface area (TPSA) is 77.4 Å². The van der Waals surface area contributed by atoms with Crippen molar-refractivity contribution < 1.29 is 14.3 Å². The Morgan fingerprint density at radius 1 is 1.16 bits per heavy atom. The highest BCUT2D eigenvalue weighted by Gasteiger charge is 2.51. The van der Waals surface area contributed by atoms with Gasteiger partial charge >= 0.3 is 5.97 Å². The van der Waals surface area contributed by atoms with Crippen LogP contribution in [0.4, 0.5) is 0 Å². The third kappa shape index (κ3) is 3.10. The zero-order valence-electron chi connectivity index (χ0n) is 14.5. The van der Waals surface area contributed by atoms with E-state index in [1.807, 2.05) is 0 Å². The van der Waals surface area contributed by atoms with Gasteiger partial charge in [-0.25, -0.2) is 4.79 Å². The van der Waals surface area contributed by atoms with Gasteiger partial charge < -0.3 is 14.6 Å². The fourth-order valence-corrected chi connectivity index (χ4v) is 5.65. The van der Waals surface area contributed by atoms with Crippen molar-refractivity contribution in [2.75, 3.05) is 7.11 Å². The number of ether oxygens (including phenoxy) is 1. The van der Waals surface area contributed by atoms with Crippen molar-refractivity contribution in [1.29, 1.82) is 0 Å². The number of nitrogens with one attached hydrogen (secondary N) is 1. The summed E-state index contributed by atoms with van der Waals surface area (Å²) in [6.07, 6.45) is 8.56. The first-order valence-electron chi connectivity index (χ1n) is 9.06. The Hall–Kier alpha value is -2.11. The monoisotopic (exact) mass is 344 g/mol. The van der Waals surface area contributed by atoms with Crippen molar-refractivity contribution >= 4 is 11.9 Å². The van der Waals surface area contributed by atoms with Crippen LogP contribution < -0.4 is 10.9 Å². The van der Waals surface area contributed by atoms with Gasteiger partial charge in [-0.3, -0.25) is 9.59 Å². The number of hydrogen-bond donors (Lipinski definition) is 1. The van der Waals surface area contributed by atoms with Gasteiger partial charge in [0.25, 0.3) is 5.56 Å². The molecule has 25 heavy (non-hydrogen) atoms. The molecule has 0 atom stereocenters. The highest BCUT2D eigenvalue weighted by atomic mass is 16.5. The van der Waals surface area contributed by atoms with E-state index in [2.05, 4.69) is 10.1 Å². The Bertz CT molecular complexity index is 732. The summed E-state index contributed by atoms with van der Waals surface area (Å²) >= 11 is 0. The van der Waals surface area contributed by atoms with Crippen molar-refractivity contribution in [2.24, 2.45) is 17.8 Å². The molecular weight excluding hydrogens is 320 g/mol. The van der Waals surface area contributed by atoms with Crippen LogP contribution in [0.3, 0.4) is 0 Å². The van der Waals surface area contributed by atoms with Crippen LogP contribution >= 0.6 is 0 Å². The zero-order valence-corrected chi connectivity index (χ0v) is 14.5. The van der Waals surface area contributed by atoms with E-state index in [0.717, 1.165) is 37.0 Å². The SMILES string of the molecule is COC(=O)c1ccc(=O)n(CC(=O)NC23CC4CC(CC(C4)C2)C3)c1. The molecule has 4 bridgehead atoms. The Morgan fingerprint density at radius 3 is 2.32 bits per heavy atom. The molecule has 4 saturated carbocycles. The quantitative estimate of drug-likeness (QED) is 0.844.